The number of hydrogen-bond donors (Lipinski definition) is 2. The van der Waals surface area contributed by atoms with Crippen molar-refractivity contribution in [2.75, 3.05) is 11.1 Å². The topological polar surface area (TPSA) is 55.1 Å². The molecule has 2 aromatic rings. The number of carbonyl (C=O) groups excluding carboxylic acids is 1. The van der Waals surface area contributed by atoms with Gasteiger partial charge in [-0.2, -0.15) is 0 Å². The second kappa shape index (κ2) is 5.69. The van der Waals surface area contributed by atoms with Gasteiger partial charge in [-0.3, -0.25) is 4.79 Å². The molecule has 0 aromatic heterocycles. The normalized spacial score (nSPS) is 10.4. The van der Waals surface area contributed by atoms with Gasteiger partial charge in [0.05, 0.1) is 15.7 Å². The first-order chi connectivity index (χ1) is 9.38. The minimum absolute atomic E-state index is 0.0323. The molecule has 20 heavy (non-hydrogen) atoms. The smallest absolute Gasteiger partial charge is 0.256 e. The Morgan fingerprint density at radius 1 is 1.20 bits per heavy atom. The van der Waals surface area contributed by atoms with Gasteiger partial charge in [-0.15, -0.1) is 0 Å². The zero-order chi connectivity index (χ0) is 14.9. The highest BCUT2D eigenvalue weighted by atomic mass is 35.5. The Bertz CT molecular complexity index is 666. The van der Waals surface area contributed by atoms with E-state index in [9.17, 15) is 9.18 Å². The predicted molar refractivity (Wildman–Crippen MR) is 80.0 cm³/mol. The van der Waals surface area contributed by atoms with Gasteiger partial charge in [0.1, 0.15) is 5.82 Å². The van der Waals surface area contributed by atoms with Crippen LogP contribution in [0.1, 0.15) is 15.9 Å². The summed E-state index contributed by atoms with van der Waals surface area (Å²) in [4.78, 5) is 12.2. The van der Waals surface area contributed by atoms with Crippen LogP contribution in [0.15, 0.2) is 30.3 Å². The average Bonchev–Trinajstić information content (AvgIpc) is 2.36. The number of nitrogens with two attached hydrogens (primary N) is 1. The summed E-state index contributed by atoms with van der Waals surface area (Å²) < 4.78 is 13.1. The Hall–Kier alpha value is -1.78. The highest BCUT2D eigenvalue weighted by molar-refractivity contribution is 6.40. The summed E-state index contributed by atoms with van der Waals surface area (Å²) in [6, 6.07) is 7.14. The van der Waals surface area contributed by atoms with Gasteiger partial charge in [0.15, 0.2) is 0 Å². The second-order valence-electron chi connectivity index (χ2n) is 4.27. The second-order valence-corrected chi connectivity index (χ2v) is 5.09. The first-order valence-corrected chi connectivity index (χ1v) is 6.46. The summed E-state index contributed by atoms with van der Waals surface area (Å²) in [7, 11) is 0. The van der Waals surface area contributed by atoms with Crippen molar-refractivity contribution in [2.24, 2.45) is 0 Å². The molecule has 0 aliphatic carbocycles. The largest absolute Gasteiger partial charge is 0.399 e. The number of benzene rings is 2. The molecule has 0 fully saturated rings. The van der Waals surface area contributed by atoms with Gasteiger partial charge in [-0.25, -0.2) is 4.39 Å². The monoisotopic (exact) mass is 312 g/mol. The van der Waals surface area contributed by atoms with Crippen LogP contribution in [0.3, 0.4) is 0 Å². The first-order valence-electron chi connectivity index (χ1n) is 5.70. The maximum atomic E-state index is 13.1. The quantitative estimate of drug-likeness (QED) is 0.813. The summed E-state index contributed by atoms with van der Waals surface area (Å²) in [5.74, 6) is -0.983. The van der Waals surface area contributed by atoms with Crippen molar-refractivity contribution < 1.29 is 9.18 Å². The first kappa shape index (κ1) is 14.6. The van der Waals surface area contributed by atoms with E-state index in [4.69, 9.17) is 28.9 Å². The van der Waals surface area contributed by atoms with Crippen LogP contribution in [0, 0.1) is 12.7 Å². The van der Waals surface area contributed by atoms with Gasteiger partial charge in [0, 0.05) is 11.3 Å². The fourth-order valence-corrected chi connectivity index (χ4v) is 2.28. The van der Waals surface area contributed by atoms with Gasteiger partial charge in [-0.1, -0.05) is 29.3 Å². The van der Waals surface area contributed by atoms with Gasteiger partial charge < -0.3 is 11.1 Å². The van der Waals surface area contributed by atoms with Crippen molar-refractivity contribution >= 4 is 40.5 Å². The predicted octanol–water partition coefficient (Wildman–Crippen LogP) is 4.28. The van der Waals surface area contributed by atoms with E-state index >= 15 is 0 Å². The van der Waals surface area contributed by atoms with Crippen molar-refractivity contribution in [1.29, 1.82) is 0 Å². The Morgan fingerprint density at radius 2 is 1.80 bits per heavy atom. The highest BCUT2D eigenvalue weighted by Crippen LogP contribution is 2.32. The van der Waals surface area contributed by atoms with Gasteiger partial charge in [-0.05, 0) is 36.8 Å². The third-order valence-corrected chi connectivity index (χ3v) is 3.35. The lowest BCUT2D eigenvalue weighted by Gasteiger charge is -2.11. The van der Waals surface area contributed by atoms with Crippen LogP contribution < -0.4 is 11.1 Å². The molecule has 104 valence electrons. The molecule has 1 amide bonds. The van der Waals surface area contributed by atoms with E-state index in [1.54, 1.807) is 25.1 Å². The fraction of sp³-hybridized carbons (Fsp3) is 0.0714. The molecule has 0 unspecified atom stereocenters. The van der Waals surface area contributed by atoms with Crippen LogP contribution in [-0.4, -0.2) is 5.91 Å². The molecule has 0 aliphatic rings. The molecule has 0 radical (unpaired) electrons. The van der Waals surface area contributed by atoms with Crippen LogP contribution in [0.2, 0.25) is 10.0 Å². The number of carbonyl (C=O) groups is 1. The zero-order valence-electron chi connectivity index (χ0n) is 10.5. The lowest BCUT2D eigenvalue weighted by Crippen LogP contribution is -2.14. The van der Waals surface area contributed by atoms with Gasteiger partial charge in [0.2, 0.25) is 0 Å². The number of nitrogens with one attached hydrogen (secondary N) is 1. The van der Waals surface area contributed by atoms with E-state index in [1.807, 2.05) is 0 Å². The number of hydrogen-bond acceptors (Lipinski definition) is 2. The van der Waals surface area contributed by atoms with Crippen molar-refractivity contribution in [3.63, 3.8) is 0 Å². The molecule has 0 spiro atoms. The molecule has 0 saturated carbocycles. The van der Waals surface area contributed by atoms with Crippen LogP contribution >= 0.6 is 23.2 Å². The van der Waals surface area contributed by atoms with E-state index in [1.165, 1.54) is 0 Å². The van der Waals surface area contributed by atoms with E-state index in [0.717, 1.165) is 17.7 Å². The van der Waals surface area contributed by atoms with Crippen LogP contribution in [0.5, 0.6) is 0 Å². The summed E-state index contributed by atoms with van der Waals surface area (Å²) in [5, 5.41) is 2.63. The lowest BCUT2D eigenvalue weighted by molar-refractivity contribution is 0.102. The van der Waals surface area contributed by atoms with Crippen LogP contribution in [-0.2, 0) is 0 Å². The summed E-state index contributed by atoms with van der Waals surface area (Å²) in [6.07, 6.45) is 0. The molecular weight excluding hydrogens is 302 g/mol. The van der Waals surface area contributed by atoms with Gasteiger partial charge >= 0.3 is 0 Å². The summed E-state index contributed by atoms with van der Waals surface area (Å²) in [5.41, 5.74) is 7.45. The third kappa shape index (κ3) is 3.03. The van der Waals surface area contributed by atoms with Crippen molar-refractivity contribution in [3.05, 3.63) is 57.3 Å². The Labute approximate surface area is 125 Å². The molecule has 0 heterocycles. The molecule has 2 rings (SSSR count). The maximum absolute atomic E-state index is 13.1. The van der Waals surface area contributed by atoms with Gasteiger partial charge in [0.25, 0.3) is 5.91 Å². The number of rotatable bonds is 2. The Morgan fingerprint density at radius 3 is 2.40 bits per heavy atom. The van der Waals surface area contributed by atoms with Crippen LogP contribution in [0.25, 0.3) is 0 Å². The summed E-state index contributed by atoms with van der Waals surface area (Å²) >= 11 is 11.7. The summed E-state index contributed by atoms with van der Waals surface area (Å²) in [6.45, 7) is 1.78. The molecule has 0 bridgehead atoms. The van der Waals surface area contributed by atoms with Crippen molar-refractivity contribution in [3.8, 4) is 0 Å². The molecule has 6 heteroatoms. The molecule has 2 aromatic carbocycles. The average molecular weight is 313 g/mol. The Kier molecular flexibility index (Phi) is 4.16. The Balaban J connectivity index is 2.35. The van der Waals surface area contributed by atoms with E-state index < -0.39 is 11.7 Å². The van der Waals surface area contributed by atoms with Crippen LogP contribution in [0.4, 0.5) is 15.8 Å². The number of aryl methyl sites for hydroxylation is 1. The van der Waals surface area contributed by atoms with Crippen molar-refractivity contribution in [2.45, 2.75) is 6.92 Å². The molecule has 0 aliphatic heterocycles. The SMILES string of the molecule is Cc1ccc(N)cc1C(=O)Nc1c(Cl)cc(F)cc1Cl. The minimum Gasteiger partial charge on any atom is -0.399 e. The number of nitrogen functional groups attached to an aromatic ring is 1. The molecule has 3 N–H and O–H groups in total. The lowest BCUT2D eigenvalue weighted by atomic mass is 10.1. The minimum atomic E-state index is -0.571. The fourth-order valence-electron chi connectivity index (χ4n) is 1.73. The molecule has 0 atom stereocenters. The van der Waals surface area contributed by atoms with E-state index in [-0.39, 0.29) is 15.7 Å². The molecule has 0 saturated heterocycles. The van der Waals surface area contributed by atoms with Crippen molar-refractivity contribution in [1.82, 2.24) is 0 Å². The number of amides is 1. The maximum Gasteiger partial charge on any atom is 0.256 e. The number of anilines is 2. The molecular formula is C14H11Cl2FN2O. The van der Waals surface area contributed by atoms with E-state index in [2.05, 4.69) is 5.32 Å². The zero-order valence-corrected chi connectivity index (χ0v) is 12.0. The highest BCUT2D eigenvalue weighted by Gasteiger charge is 2.15. The molecule has 3 nitrogen and oxygen atoms in total. The third-order valence-electron chi connectivity index (χ3n) is 2.75. The number of halogens is 3. The van der Waals surface area contributed by atoms with E-state index in [0.29, 0.717) is 11.3 Å². The standard InChI is InChI=1S/C14H11Cl2FN2O/c1-7-2-3-9(18)6-10(7)14(20)19-13-11(15)4-8(17)5-12(13)16/h2-6H,18H2,1H3,(H,19,20).